The zero-order valence-electron chi connectivity index (χ0n) is 23.8. The fraction of sp³-hybridized carbons (Fsp3) is 0.500. The van der Waals surface area contributed by atoms with Gasteiger partial charge in [-0.1, -0.05) is 6.58 Å². The number of rotatable bonds is 11. The summed E-state index contributed by atoms with van der Waals surface area (Å²) in [6.45, 7) is 9.51. The zero-order chi connectivity index (χ0) is 29.6. The van der Waals surface area contributed by atoms with Crippen LogP contribution in [0.25, 0.3) is 11.2 Å². The van der Waals surface area contributed by atoms with Gasteiger partial charge < -0.3 is 29.0 Å². The molecule has 13 nitrogen and oxygen atoms in total. The quantitative estimate of drug-likeness (QED) is 0.179. The molecular weight excluding hydrogens is 563 g/mol. The SMILES string of the molecule is C=C1C(COP(=O)(NC(C)C(=O)OC(C)C)Oc2ccc3c(c2)OCO3)CCC1n1cnc2c(C3CC3)nc(N)nc21. The number of anilines is 1. The Morgan fingerprint density at radius 2 is 1.98 bits per heavy atom. The summed E-state index contributed by atoms with van der Waals surface area (Å²) in [7, 11) is -4.08. The van der Waals surface area contributed by atoms with Gasteiger partial charge in [0.05, 0.1) is 30.8 Å². The maximum atomic E-state index is 14.1. The smallest absolute Gasteiger partial charge is 0.459 e. The zero-order valence-corrected chi connectivity index (χ0v) is 24.7. The topological polar surface area (TPSA) is 162 Å². The van der Waals surface area contributed by atoms with Gasteiger partial charge in [0.2, 0.25) is 12.7 Å². The third-order valence-corrected chi connectivity index (χ3v) is 9.22. The molecular formula is C28H35N6O7P. The molecule has 4 atom stereocenters. The molecule has 0 radical (unpaired) electrons. The van der Waals surface area contributed by atoms with Crippen molar-refractivity contribution in [2.24, 2.45) is 5.92 Å². The van der Waals surface area contributed by atoms with E-state index < -0.39 is 19.8 Å². The Kier molecular flexibility index (Phi) is 7.59. The maximum Gasteiger partial charge on any atom is 0.459 e. The lowest BCUT2D eigenvalue weighted by atomic mass is 10.0. The van der Waals surface area contributed by atoms with Crippen molar-refractivity contribution in [2.45, 2.75) is 70.6 Å². The van der Waals surface area contributed by atoms with E-state index in [1.54, 1.807) is 45.3 Å². The van der Waals surface area contributed by atoms with Gasteiger partial charge in [-0.2, -0.15) is 10.1 Å². The first-order chi connectivity index (χ1) is 20.1. The van der Waals surface area contributed by atoms with Crippen LogP contribution in [-0.4, -0.2) is 51.0 Å². The first kappa shape index (κ1) is 28.4. The molecule has 14 heteroatoms. The number of hydrogen-bond acceptors (Lipinski definition) is 11. The van der Waals surface area contributed by atoms with Gasteiger partial charge in [-0.15, -0.1) is 0 Å². The molecule has 2 fully saturated rings. The number of carbonyl (C=O) groups excluding carboxylic acids is 1. The van der Waals surface area contributed by atoms with Crippen LogP contribution in [0.2, 0.25) is 0 Å². The first-order valence-electron chi connectivity index (χ1n) is 14.1. The van der Waals surface area contributed by atoms with E-state index in [-0.39, 0.29) is 43.2 Å². The van der Waals surface area contributed by atoms with E-state index in [4.69, 9.17) is 29.0 Å². The van der Waals surface area contributed by atoms with Crippen LogP contribution in [0.15, 0.2) is 36.7 Å². The second-order valence-corrected chi connectivity index (χ2v) is 12.9. The third-order valence-electron chi connectivity index (χ3n) is 7.58. The van der Waals surface area contributed by atoms with Crippen LogP contribution in [0, 0.1) is 5.92 Å². The Hall–Kier alpha value is -3.67. The van der Waals surface area contributed by atoms with Crippen molar-refractivity contribution in [2.75, 3.05) is 19.1 Å². The molecule has 3 heterocycles. The van der Waals surface area contributed by atoms with Crippen LogP contribution in [0.3, 0.4) is 0 Å². The second-order valence-electron chi connectivity index (χ2n) is 11.2. The Labute approximate surface area is 243 Å². The Morgan fingerprint density at radius 3 is 2.74 bits per heavy atom. The van der Waals surface area contributed by atoms with Gasteiger partial charge in [-0.05, 0) is 64.2 Å². The Morgan fingerprint density at radius 1 is 1.19 bits per heavy atom. The summed E-state index contributed by atoms with van der Waals surface area (Å²) in [5.41, 5.74) is 9.30. The van der Waals surface area contributed by atoms with E-state index in [1.165, 1.54) is 0 Å². The summed E-state index contributed by atoms with van der Waals surface area (Å²) >= 11 is 0. The van der Waals surface area contributed by atoms with Crippen molar-refractivity contribution in [3.8, 4) is 17.2 Å². The number of nitrogens with zero attached hydrogens (tertiary/aromatic N) is 4. The summed E-state index contributed by atoms with van der Waals surface area (Å²) in [6, 6.07) is 3.76. The number of imidazole rings is 1. The van der Waals surface area contributed by atoms with Crippen LogP contribution >= 0.6 is 7.75 Å². The molecule has 224 valence electrons. The molecule has 2 aliphatic carbocycles. The minimum Gasteiger partial charge on any atom is -0.462 e. The number of hydrogen-bond donors (Lipinski definition) is 2. The summed E-state index contributed by atoms with van der Waals surface area (Å²) in [5.74, 6) is 1.14. The third kappa shape index (κ3) is 5.81. The van der Waals surface area contributed by atoms with Crippen molar-refractivity contribution in [1.82, 2.24) is 24.6 Å². The first-order valence-corrected chi connectivity index (χ1v) is 15.6. The number of fused-ring (bicyclic) bond motifs is 2. The molecule has 2 aromatic heterocycles. The van der Waals surface area contributed by atoms with Crippen LogP contribution in [0.4, 0.5) is 5.95 Å². The van der Waals surface area contributed by atoms with Crippen LogP contribution in [0.1, 0.15) is 64.1 Å². The summed E-state index contributed by atoms with van der Waals surface area (Å²) in [5, 5.41) is 2.73. The molecule has 0 spiro atoms. The van der Waals surface area contributed by atoms with E-state index in [0.29, 0.717) is 23.1 Å². The fourth-order valence-electron chi connectivity index (χ4n) is 5.31. The predicted octanol–water partition coefficient (Wildman–Crippen LogP) is 4.66. The monoisotopic (exact) mass is 598 g/mol. The van der Waals surface area contributed by atoms with Crippen molar-refractivity contribution in [3.05, 3.63) is 42.4 Å². The number of nitrogens with two attached hydrogens (primary N) is 1. The minimum absolute atomic E-state index is 0.0488. The van der Waals surface area contributed by atoms with Gasteiger partial charge in [0.1, 0.15) is 17.3 Å². The molecule has 6 rings (SSSR count). The van der Waals surface area contributed by atoms with Gasteiger partial charge in [0, 0.05) is 17.9 Å². The predicted molar refractivity (Wildman–Crippen MR) is 153 cm³/mol. The average molecular weight is 599 g/mol. The van der Waals surface area contributed by atoms with E-state index in [9.17, 15) is 9.36 Å². The Balaban J connectivity index is 1.19. The highest BCUT2D eigenvalue weighted by atomic mass is 31.2. The normalized spacial score (nSPS) is 22.0. The lowest BCUT2D eigenvalue weighted by molar-refractivity contribution is -0.149. The van der Waals surface area contributed by atoms with Crippen molar-refractivity contribution in [3.63, 3.8) is 0 Å². The Bertz CT molecular complexity index is 1570. The molecule has 1 aliphatic heterocycles. The van der Waals surface area contributed by atoms with E-state index >= 15 is 0 Å². The molecule has 3 N–H and O–H groups in total. The molecule has 1 aromatic carbocycles. The van der Waals surface area contributed by atoms with Gasteiger partial charge >= 0.3 is 13.7 Å². The number of benzene rings is 1. The number of ether oxygens (including phenoxy) is 3. The molecule has 0 amide bonds. The van der Waals surface area contributed by atoms with Gasteiger partial charge in [0.25, 0.3) is 0 Å². The highest BCUT2D eigenvalue weighted by molar-refractivity contribution is 7.52. The maximum absolute atomic E-state index is 14.1. The highest BCUT2D eigenvalue weighted by Crippen LogP contribution is 2.50. The van der Waals surface area contributed by atoms with E-state index in [2.05, 4.69) is 26.6 Å². The fourth-order valence-corrected chi connectivity index (χ4v) is 6.84. The molecule has 3 aromatic rings. The van der Waals surface area contributed by atoms with E-state index in [1.807, 2.05) is 4.57 Å². The van der Waals surface area contributed by atoms with Crippen LogP contribution < -0.4 is 24.8 Å². The lowest BCUT2D eigenvalue weighted by Crippen LogP contribution is -2.36. The highest BCUT2D eigenvalue weighted by Gasteiger charge is 2.38. The summed E-state index contributed by atoms with van der Waals surface area (Å²) in [6.07, 6.45) is 5.07. The van der Waals surface area contributed by atoms with Crippen molar-refractivity contribution in [1.29, 1.82) is 0 Å². The van der Waals surface area contributed by atoms with Crippen LogP contribution in [-0.2, 0) is 18.6 Å². The lowest BCUT2D eigenvalue weighted by Gasteiger charge is -2.25. The average Bonchev–Trinajstić information content (AvgIpc) is 3.36. The van der Waals surface area contributed by atoms with Gasteiger partial charge in [-0.3, -0.25) is 9.32 Å². The molecule has 2 saturated carbocycles. The number of esters is 1. The largest absolute Gasteiger partial charge is 0.462 e. The van der Waals surface area contributed by atoms with Gasteiger partial charge in [-0.25, -0.2) is 14.5 Å². The molecule has 42 heavy (non-hydrogen) atoms. The molecule has 3 aliphatic rings. The summed E-state index contributed by atoms with van der Waals surface area (Å²) in [4.78, 5) is 26.1. The molecule has 0 saturated heterocycles. The number of aromatic nitrogens is 4. The standard InChI is InChI=1S/C28H35N6O7P/c1-15(2)40-27(35)17(4)33-42(36,41-20-8-10-22-23(11-20)38-14-37-22)39-12-19-7-9-21(16(19)3)34-13-30-25-24(18-5-6-18)31-28(29)32-26(25)34/h8,10-11,13,15,17-19,21H,3,5-7,9,12,14H2,1-2,4H3,(H,33,36)(H2,29,31,32). The number of nitrogens with one attached hydrogen (secondary N) is 1. The molecule has 0 bridgehead atoms. The van der Waals surface area contributed by atoms with Crippen LogP contribution in [0.5, 0.6) is 17.2 Å². The number of carbonyl (C=O) groups is 1. The second kappa shape index (κ2) is 11.2. The van der Waals surface area contributed by atoms with Crippen molar-refractivity contribution >= 4 is 30.8 Å². The molecule has 4 unspecified atom stereocenters. The van der Waals surface area contributed by atoms with E-state index in [0.717, 1.165) is 42.5 Å². The van der Waals surface area contributed by atoms with Gasteiger partial charge in [0.15, 0.2) is 17.1 Å². The van der Waals surface area contributed by atoms with Crippen molar-refractivity contribution < 1.29 is 32.6 Å². The minimum atomic E-state index is -4.08. The summed E-state index contributed by atoms with van der Waals surface area (Å²) < 4.78 is 43.9. The number of nitrogen functional groups attached to an aromatic ring is 1.